The van der Waals surface area contributed by atoms with E-state index in [0.29, 0.717) is 34.1 Å². The lowest BCUT2D eigenvalue weighted by Gasteiger charge is -2.41. The Balaban J connectivity index is 1.25. The van der Waals surface area contributed by atoms with Gasteiger partial charge in [0.2, 0.25) is 6.29 Å². The van der Waals surface area contributed by atoms with Crippen LogP contribution in [0.2, 0.25) is 0 Å². The third-order valence-corrected chi connectivity index (χ3v) is 13.2. The number of carbonyl (C=O) groups is 1. The summed E-state index contributed by atoms with van der Waals surface area (Å²) in [6.45, 7) is -0.635. The average molecular weight is 853 g/mol. The molecule has 0 bridgehead atoms. The maximum absolute atomic E-state index is 14.6. The van der Waals surface area contributed by atoms with Gasteiger partial charge in [-0.15, -0.1) is 0 Å². The first kappa shape index (κ1) is 42.6. The number of pyridine rings is 1. The number of rotatable bonds is 17. The smallest absolute Gasteiger partial charge is 0.287 e. The number of carbonyl (C=O) groups excluding carboxylic acids is 1. The van der Waals surface area contributed by atoms with Crippen LogP contribution in [-0.2, 0) is 30.2 Å². The molecule has 2 aliphatic heterocycles. The fourth-order valence-electron chi connectivity index (χ4n) is 8.18. The van der Waals surface area contributed by atoms with Crippen LogP contribution in [0.5, 0.6) is 23.0 Å². The van der Waals surface area contributed by atoms with E-state index in [1.807, 2.05) is 30.3 Å². The summed E-state index contributed by atoms with van der Waals surface area (Å²) in [6, 6.07) is 22.0. The number of ether oxygens (including phenoxy) is 7. The van der Waals surface area contributed by atoms with Gasteiger partial charge in [-0.2, -0.15) is 0 Å². The first-order valence-electron chi connectivity index (χ1n) is 18.7. The van der Waals surface area contributed by atoms with Crippen molar-refractivity contribution in [1.82, 2.24) is 4.98 Å². The molecular formula is C41H44N2O14S2. The first-order chi connectivity index (χ1) is 28.5. The van der Waals surface area contributed by atoms with Crippen molar-refractivity contribution in [1.29, 1.82) is 0 Å². The van der Waals surface area contributed by atoms with Crippen LogP contribution in [0.25, 0.3) is 0 Å². The number of aliphatic hydroxyl groups excluding tert-OH is 3. The molecule has 1 saturated heterocycles. The Labute approximate surface area is 347 Å². The zero-order chi connectivity index (χ0) is 41.9. The predicted molar refractivity (Wildman–Crippen MR) is 213 cm³/mol. The molecule has 9 atom stereocenters. The van der Waals surface area contributed by atoms with E-state index in [0.717, 1.165) is 0 Å². The second-order valence-corrected chi connectivity index (χ2v) is 16.6. The van der Waals surface area contributed by atoms with Crippen LogP contribution in [0.3, 0.4) is 0 Å². The molecule has 0 spiro atoms. The quantitative estimate of drug-likeness (QED) is 0.0498. The molecule has 7 rings (SSSR count). The lowest BCUT2D eigenvalue weighted by Crippen LogP contribution is -2.52. The Morgan fingerprint density at radius 2 is 1.80 bits per heavy atom. The van der Waals surface area contributed by atoms with Gasteiger partial charge in [-0.05, 0) is 46.5 Å². The maximum Gasteiger partial charge on any atom is 0.287 e. The van der Waals surface area contributed by atoms with Crippen molar-refractivity contribution in [3.05, 3.63) is 112 Å². The van der Waals surface area contributed by atoms with Crippen LogP contribution < -0.4 is 18.9 Å². The van der Waals surface area contributed by atoms with Gasteiger partial charge in [-0.1, -0.05) is 53.3 Å². The zero-order valence-electron chi connectivity index (χ0n) is 32.2. The van der Waals surface area contributed by atoms with Crippen molar-refractivity contribution in [3.63, 3.8) is 0 Å². The van der Waals surface area contributed by atoms with E-state index in [9.17, 15) is 35.3 Å². The molecule has 59 heavy (non-hydrogen) atoms. The molecule has 3 aromatic carbocycles. The number of Topliss-reactive ketones (excluding diaryl/α,β-unsaturated/α-hetero) is 1. The van der Waals surface area contributed by atoms with E-state index in [2.05, 4.69) is 4.98 Å². The van der Waals surface area contributed by atoms with Crippen LogP contribution in [0.4, 0.5) is 5.69 Å². The number of hydrogen-bond acceptors (Lipinski definition) is 17. The van der Waals surface area contributed by atoms with Crippen molar-refractivity contribution < 1.29 is 63.3 Å². The van der Waals surface area contributed by atoms with Crippen molar-refractivity contribution in [2.45, 2.75) is 65.9 Å². The summed E-state index contributed by atoms with van der Waals surface area (Å²) in [5.41, 5.74) is -2.99. The number of methoxy groups -OCH3 is 3. The predicted octanol–water partition coefficient (Wildman–Crippen LogP) is 4.49. The molecule has 0 radical (unpaired) electrons. The van der Waals surface area contributed by atoms with Gasteiger partial charge in [0.25, 0.3) is 12.0 Å². The topological polar surface area (TPSA) is 219 Å². The number of hydrogen-bond donors (Lipinski definition) is 4. The number of fused-ring (bicyclic) bond motifs is 3. The fraction of sp³-hybridized carbons (Fsp3) is 0.415. The van der Waals surface area contributed by atoms with Crippen molar-refractivity contribution in [3.8, 4) is 23.0 Å². The Morgan fingerprint density at radius 1 is 1.03 bits per heavy atom. The third-order valence-electron chi connectivity index (χ3n) is 10.9. The standard InChI is InChI=1S/C41H44N2O14S2/c1-51-26-14-11-24(12-15-26)41-35(23-8-5-4-6-9-23)34(28(45)10-7-17-58-59-33-16-13-25(20-42-33)43(49)50)37(47)40(41,48)36-30(52-2)18-27(19-31(36)57-41)55-39-38(53-3)54-22-32(56-39)29(46)21-44/h4-6,8-9,11-16,18-20,29,32,34-35,37-39,44,46-48H,7,10,17,21-22H2,1-3H3/t29-,32-,34-,35-,37-,38-,39-,40+,41+/m1/s1. The Kier molecular flexibility index (Phi) is 13.0. The molecular weight excluding hydrogens is 809 g/mol. The average Bonchev–Trinajstić information content (AvgIpc) is 3.64. The molecule has 314 valence electrons. The van der Waals surface area contributed by atoms with E-state index in [-0.39, 0.29) is 47.3 Å². The fourth-order valence-corrected chi connectivity index (χ4v) is 10.1. The van der Waals surface area contributed by atoms with E-state index in [4.69, 9.17) is 33.2 Å². The van der Waals surface area contributed by atoms with Gasteiger partial charge in [0, 0.05) is 43.4 Å². The highest BCUT2D eigenvalue weighted by molar-refractivity contribution is 8.76. The number of nitrogens with zero attached hydrogens (tertiary/aromatic N) is 2. The summed E-state index contributed by atoms with van der Waals surface area (Å²) in [5.74, 6) is -0.993. The highest BCUT2D eigenvalue weighted by Crippen LogP contribution is 2.70. The second kappa shape index (κ2) is 18.0. The summed E-state index contributed by atoms with van der Waals surface area (Å²) in [7, 11) is 7.09. The molecule has 4 N–H and O–H groups in total. The van der Waals surface area contributed by atoms with Crippen LogP contribution in [0.1, 0.15) is 35.4 Å². The summed E-state index contributed by atoms with van der Waals surface area (Å²) in [4.78, 5) is 29.2. The summed E-state index contributed by atoms with van der Waals surface area (Å²) >= 11 is 0. The summed E-state index contributed by atoms with van der Waals surface area (Å²) < 4.78 is 41.6. The normalized spacial score (nSPS) is 27.6. The van der Waals surface area contributed by atoms with Gasteiger partial charge in [0.05, 0.1) is 43.8 Å². The lowest BCUT2D eigenvalue weighted by atomic mass is 9.70. The van der Waals surface area contributed by atoms with E-state index in [1.165, 1.54) is 67.3 Å². The molecule has 16 nitrogen and oxygen atoms in total. The van der Waals surface area contributed by atoms with E-state index < -0.39 is 65.5 Å². The third kappa shape index (κ3) is 7.84. The van der Waals surface area contributed by atoms with Gasteiger partial charge in [-0.3, -0.25) is 14.9 Å². The van der Waals surface area contributed by atoms with Gasteiger partial charge < -0.3 is 53.6 Å². The van der Waals surface area contributed by atoms with Gasteiger partial charge >= 0.3 is 0 Å². The van der Waals surface area contributed by atoms with E-state index in [1.54, 1.807) is 30.3 Å². The minimum absolute atomic E-state index is 0.0634. The molecule has 4 aromatic rings. The minimum atomic E-state index is -2.27. The molecule has 3 aliphatic rings. The highest BCUT2D eigenvalue weighted by atomic mass is 33.1. The molecule has 1 aromatic heterocycles. The van der Waals surface area contributed by atoms with Crippen molar-refractivity contribution in [2.75, 3.05) is 40.3 Å². The molecule has 2 fully saturated rings. The second-order valence-electron chi connectivity index (χ2n) is 14.1. The van der Waals surface area contributed by atoms with Crippen LogP contribution in [0, 0.1) is 16.0 Å². The molecule has 0 amide bonds. The maximum atomic E-state index is 14.6. The first-order valence-corrected chi connectivity index (χ1v) is 21.0. The number of benzene rings is 3. The number of aliphatic hydroxyl groups is 4. The van der Waals surface area contributed by atoms with Crippen LogP contribution >= 0.6 is 21.6 Å². The Bertz CT molecular complexity index is 2100. The van der Waals surface area contributed by atoms with Gasteiger partial charge in [0.1, 0.15) is 58.3 Å². The number of nitro groups is 1. The number of ketones is 1. The SMILES string of the molecule is COc1ccc([C@@]23Oc4cc(O[C@@H]5O[C@@H]([C@H](O)CO)CO[C@H]5OC)cc(OC)c4[C@]2(O)[C@H](O)[C@H](C(=O)CCCSSc2ccc([N+](=O)[O-])cn2)[C@H]3c2ccccc2)cc1. The summed E-state index contributed by atoms with van der Waals surface area (Å²) in [6.07, 6.45) is -4.43. The van der Waals surface area contributed by atoms with Crippen molar-refractivity contribution >= 4 is 33.1 Å². The Hall–Kier alpha value is -4.50. The monoisotopic (exact) mass is 852 g/mol. The van der Waals surface area contributed by atoms with Gasteiger partial charge in [0.15, 0.2) is 11.2 Å². The van der Waals surface area contributed by atoms with Crippen LogP contribution in [-0.4, -0.2) is 107 Å². The highest BCUT2D eigenvalue weighted by Gasteiger charge is 2.77. The molecule has 3 heterocycles. The van der Waals surface area contributed by atoms with Crippen molar-refractivity contribution in [2.24, 2.45) is 5.92 Å². The number of aromatic nitrogens is 1. The Morgan fingerprint density at radius 3 is 2.44 bits per heavy atom. The molecule has 1 saturated carbocycles. The molecule has 18 heteroatoms. The largest absolute Gasteiger partial charge is 0.497 e. The minimum Gasteiger partial charge on any atom is -0.497 e. The molecule has 0 unspecified atom stereocenters. The summed E-state index contributed by atoms with van der Waals surface area (Å²) in [5, 5.41) is 57.4. The zero-order valence-corrected chi connectivity index (χ0v) is 33.9. The van der Waals surface area contributed by atoms with Crippen LogP contribution in [0.15, 0.2) is 90.1 Å². The lowest BCUT2D eigenvalue weighted by molar-refractivity contribution is -0.385. The molecule has 1 aliphatic carbocycles. The van der Waals surface area contributed by atoms with E-state index >= 15 is 0 Å². The van der Waals surface area contributed by atoms with Gasteiger partial charge in [-0.25, -0.2) is 4.98 Å².